The first-order valence-corrected chi connectivity index (χ1v) is 10.9. The Balaban J connectivity index is 1.73. The zero-order valence-electron chi connectivity index (χ0n) is 15.4. The lowest BCUT2D eigenvalue weighted by Gasteiger charge is -2.17. The standard InChI is InChI=1S/C21H31ClN2S/c1-2-3-4-5-6-7-8-9-10-21(17-24-16-15-23-18-24)25-20-13-11-19(22)12-14-20/h11-16,18,21H,2-10,17H2,1H3. The van der Waals surface area contributed by atoms with Crippen LogP contribution in [-0.4, -0.2) is 14.8 Å². The monoisotopic (exact) mass is 378 g/mol. The van der Waals surface area contributed by atoms with Crippen molar-refractivity contribution in [3.63, 3.8) is 0 Å². The molecule has 0 aliphatic carbocycles. The molecule has 2 rings (SSSR count). The third-order valence-corrected chi connectivity index (χ3v) is 5.98. The number of rotatable bonds is 13. The maximum Gasteiger partial charge on any atom is 0.0946 e. The molecule has 0 spiro atoms. The number of hydrogen-bond acceptors (Lipinski definition) is 2. The summed E-state index contributed by atoms with van der Waals surface area (Å²) in [5, 5.41) is 1.38. The molecule has 0 aliphatic rings. The second-order valence-electron chi connectivity index (χ2n) is 6.72. The highest BCUT2D eigenvalue weighted by molar-refractivity contribution is 8.00. The van der Waals surface area contributed by atoms with Crippen LogP contribution in [0.25, 0.3) is 0 Å². The zero-order chi connectivity index (χ0) is 17.7. The molecule has 1 unspecified atom stereocenters. The highest BCUT2D eigenvalue weighted by Gasteiger charge is 2.11. The molecule has 1 atom stereocenters. The van der Waals surface area contributed by atoms with Crippen LogP contribution in [0, 0.1) is 0 Å². The fourth-order valence-electron chi connectivity index (χ4n) is 3.03. The van der Waals surface area contributed by atoms with Gasteiger partial charge in [-0.05, 0) is 30.7 Å². The Morgan fingerprint density at radius 2 is 1.68 bits per heavy atom. The quantitative estimate of drug-likeness (QED) is 0.270. The van der Waals surface area contributed by atoms with Crippen LogP contribution in [0.3, 0.4) is 0 Å². The van der Waals surface area contributed by atoms with Gasteiger partial charge in [-0.3, -0.25) is 0 Å². The van der Waals surface area contributed by atoms with Crippen LogP contribution in [0.4, 0.5) is 0 Å². The van der Waals surface area contributed by atoms with Gasteiger partial charge in [0.1, 0.15) is 0 Å². The van der Waals surface area contributed by atoms with E-state index in [1.54, 1.807) is 0 Å². The van der Waals surface area contributed by atoms with Crippen LogP contribution in [0.1, 0.15) is 64.7 Å². The second kappa shape index (κ2) is 12.4. The molecule has 1 aromatic carbocycles. The van der Waals surface area contributed by atoms with Crippen molar-refractivity contribution in [1.29, 1.82) is 0 Å². The van der Waals surface area contributed by atoms with E-state index < -0.39 is 0 Å². The largest absolute Gasteiger partial charge is 0.336 e. The fourth-order valence-corrected chi connectivity index (χ4v) is 4.36. The first-order chi connectivity index (χ1) is 12.3. The predicted molar refractivity (Wildman–Crippen MR) is 111 cm³/mol. The molecule has 0 bridgehead atoms. The van der Waals surface area contributed by atoms with E-state index in [9.17, 15) is 0 Å². The first kappa shape index (κ1) is 20.4. The van der Waals surface area contributed by atoms with Crippen molar-refractivity contribution in [2.75, 3.05) is 0 Å². The van der Waals surface area contributed by atoms with Crippen molar-refractivity contribution in [2.24, 2.45) is 0 Å². The van der Waals surface area contributed by atoms with Gasteiger partial charge in [0.15, 0.2) is 0 Å². The molecule has 1 heterocycles. The number of thioether (sulfide) groups is 1. The molecule has 1 aromatic heterocycles. The van der Waals surface area contributed by atoms with Gasteiger partial charge in [-0.15, -0.1) is 11.8 Å². The lowest BCUT2D eigenvalue weighted by atomic mass is 10.1. The van der Waals surface area contributed by atoms with Gasteiger partial charge in [-0.25, -0.2) is 4.98 Å². The number of aromatic nitrogens is 2. The molecule has 0 fully saturated rings. The minimum absolute atomic E-state index is 0.579. The summed E-state index contributed by atoms with van der Waals surface area (Å²) in [4.78, 5) is 5.48. The number of unbranched alkanes of at least 4 members (excludes halogenated alkanes) is 7. The Morgan fingerprint density at radius 3 is 2.32 bits per heavy atom. The number of benzene rings is 1. The Bertz CT molecular complexity index is 554. The topological polar surface area (TPSA) is 17.8 Å². The molecule has 0 radical (unpaired) electrons. The van der Waals surface area contributed by atoms with Crippen LogP contribution >= 0.6 is 23.4 Å². The molecule has 0 amide bonds. The predicted octanol–water partition coefficient (Wildman–Crippen LogP) is 7.23. The third-order valence-electron chi connectivity index (χ3n) is 4.47. The summed E-state index contributed by atoms with van der Waals surface area (Å²) in [7, 11) is 0. The molecular weight excluding hydrogens is 348 g/mol. The highest BCUT2D eigenvalue weighted by Crippen LogP contribution is 2.29. The Morgan fingerprint density at radius 1 is 1.00 bits per heavy atom. The first-order valence-electron chi connectivity index (χ1n) is 9.66. The van der Waals surface area contributed by atoms with Crippen LogP contribution in [0.15, 0.2) is 47.9 Å². The van der Waals surface area contributed by atoms with Crippen molar-refractivity contribution in [1.82, 2.24) is 9.55 Å². The Hall–Kier alpha value is -0.930. The van der Waals surface area contributed by atoms with E-state index in [2.05, 4.69) is 34.8 Å². The minimum atomic E-state index is 0.579. The van der Waals surface area contributed by atoms with Crippen LogP contribution in [0.5, 0.6) is 0 Å². The van der Waals surface area contributed by atoms with Crippen LogP contribution in [-0.2, 0) is 6.54 Å². The number of hydrogen-bond donors (Lipinski definition) is 0. The van der Waals surface area contributed by atoms with E-state index in [0.717, 1.165) is 11.6 Å². The van der Waals surface area contributed by atoms with Gasteiger partial charge in [0, 0.05) is 34.1 Å². The fraction of sp³-hybridized carbons (Fsp3) is 0.571. The summed E-state index contributed by atoms with van der Waals surface area (Å²) >= 11 is 7.97. The smallest absolute Gasteiger partial charge is 0.0946 e. The Labute approximate surface area is 162 Å². The van der Waals surface area contributed by atoms with Gasteiger partial charge in [0.25, 0.3) is 0 Å². The molecule has 25 heavy (non-hydrogen) atoms. The molecule has 0 aliphatic heterocycles. The molecule has 2 nitrogen and oxygen atoms in total. The van der Waals surface area contributed by atoms with Crippen LogP contribution < -0.4 is 0 Å². The average Bonchev–Trinajstić information content (AvgIpc) is 3.12. The van der Waals surface area contributed by atoms with E-state index in [0.29, 0.717) is 5.25 Å². The summed E-state index contributed by atoms with van der Waals surface area (Å²) < 4.78 is 2.19. The van der Waals surface area contributed by atoms with E-state index >= 15 is 0 Å². The molecule has 0 saturated heterocycles. The summed E-state index contributed by atoms with van der Waals surface area (Å²) in [6.45, 7) is 3.29. The van der Waals surface area contributed by atoms with Gasteiger partial charge in [-0.2, -0.15) is 0 Å². The van der Waals surface area contributed by atoms with Crippen LogP contribution in [0.2, 0.25) is 5.02 Å². The minimum Gasteiger partial charge on any atom is -0.336 e. The molecule has 2 aromatic rings. The van der Waals surface area contributed by atoms with Crippen molar-refractivity contribution >= 4 is 23.4 Å². The van der Waals surface area contributed by atoms with Crippen molar-refractivity contribution in [2.45, 2.75) is 81.4 Å². The van der Waals surface area contributed by atoms with Crippen molar-refractivity contribution in [3.05, 3.63) is 48.0 Å². The average molecular weight is 379 g/mol. The zero-order valence-corrected chi connectivity index (χ0v) is 16.9. The summed E-state index contributed by atoms with van der Waals surface area (Å²) in [5.41, 5.74) is 0. The van der Waals surface area contributed by atoms with Gasteiger partial charge in [0.2, 0.25) is 0 Å². The van der Waals surface area contributed by atoms with E-state index in [1.165, 1.54) is 62.7 Å². The SMILES string of the molecule is CCCCCCCCCCC(Cn1ccnc1)Sc1ccc(Cl)cc1. The number of halogens is 1. The normalized spacial score (nSPS) is 12.4. The summed E-state index contributed by atoms with van der Waals surface area (Å²) in [5.74, 6) is 0. The van der Waals surface area contributed by atoms with E-state index in [-0.39, 0.29) is 0 Å². The van der Waals surface area contributed by atoms with Crippen molar-refractivity contribution < 1.29 is 0 Å². The van der Waals surface area contributed by atoms with Gasteiger partial charge in [-0.1, -0.05) is 69.9 Å². The van der Waals surface area contributed by atoms with E-state index in [4.69, 9.17) is 11.6 Å². The summed E-state index contributed by atoms with van der Waals surface area (Å²) in [6, 6.07) is 8.21. The molecule has 138 valence electrons. The van der Waals surface area contributed by atoms with Gasteiger partial charge >= 0.3 is 0 Å². The molecule has 4 heteroatoms. The Kier molecular flexibility index (Phi) is 10.1. The van der Waals surface area contributed by atoms with Crippen molar-refractivity contribution in [3.8, 4) is 0 Å². The molecule has 0 saturated carbocycles. The third kappa shape index (κ3) is 8.82. The van der Waals surface area contributed by atoms with Gasteiger partial charge in [0.05, 0.1) is 6.33 Å². The number of imidazole rings is 1. The second-order valence-corrected chi connectivity index (χ2v) is 8.53. The number of nitrogens with zero attached hydrogens (tertiary/aromatic N) is 2. The lowest BCUT2D eigenvalue weighted by Crippen LogP contribution is -2.12. The molecule has 0 N–H and O–H groups in total. The van der Waals surface area contributed by atoms with Gasteiger partial charge < -0.3 is 4.57 Å². The lowest BCUT2D eigenvalue weighted by molar-refractivity contribution is 0.541. The summed E-state index contributed by atoms with van der Waals surface area (Å²) in [6.07, 6.45) is 18.1. The highest BCUT2D eigenvalue weighted by atomic mass is 35.5. The maximum atomic E-state index is 6.01. The van der Waals surface area contributed by atoms with E-state index in [1.807, 2.05) is 36.4 Å². The maximum absolute atomic E-state index is 6.01. The molecular formula is C21H31ClN2S.